The first-order valence-electron chi connectivity index (χ1n) is 5.25. The number of anilines is 2. The van der Waals surface area contributed by atoms with E-state index in [9.17, 15) is 0 Å². The summed E-state index contributed by atoms with van der Waals surface area (Å²) in [7, 11) is 0. The Labute approximate surface area is 100 Å². The normalized spacial score (nSPS) is 9.41. The average Bonchev–Trinajstić information content (AvgIpc) is 2.32. The lowest BCUT2D eigenvalue weighted by Gasteiger charge is -2.20. The van der Waals surface area contributed by atoms with Gasteiger partial charge in [0.1, 0.15) is 30.5 Å². The second-order valence-electron chi connectivity index (χ2n) is 3.50. The summed E-state index contributed by atoms with van der Waals surface area (Å²) in [5, 5.41) is 17.5. The van der Waals surface area contributed by atoms with E-state index in [0.29, 0.717) is 29.4 Å². The fourth-order valence-electron chi connectivity index (χ4n) is 1.41. The zero-order chi connectivity index (χ0) is 12.8. The van der Waals surface area contributed by atoms with Gasteiger partial charge in [-0.15, -0.1) is 0 Å². The van der Waals surface area contributed by atoms with Crippen LogP contribution in [0.5, 0.6) is 0 Å². The fraction of sp³-hybridized carbons (Fsp3) is 0.455. The van der Waals surface area contributed by atoms with Crippen LogP contribution in [-0.2, 0) is 6.42 Å². The van der Waals surface area contributed by atoms with Crippen molar-refractivity contribution in [3.63, 3.8) is 0 Å². The monoisotopic (exact) mass is 230 g/mol. The lowest BCUT2D eigenvalue weighted by Crippen LogP contribution is -2.26. The molecule has 6 nitrogen and oxygen atoms in total. The van der Waals surface area contributed by atoms with Crippen molar-refractivity contribution in [1.29, 1.82) is 10.5 Å². The smallest absolute Gasteiger partial charge is 0.139 e. The lowest BCUT2D eigenvalue weighted by atomic mass is 10.2. The van der Waals surface area contributed by atoms with Crippen molar-refractivity contribution in [2.24, 2.45) is 0 Å². The van der Waals surface area contributed by atoms with Gasteiger partial charge in [-0.2, -0.15) is 10.5 Å². The largest absolute Gasteiger partial charge is 0.383 e. The zero-order valence-electron chi connectivity index (χ0n) is 9.93. The number of hydrogen-bond donors (Lipinski definition) is 1. The van der Waals surface area contributed by atoms with Gasteiger partial charge in [-0.05, 0) is 6.92 Å². The number of nitrogens with two attached hydrogens (primary N) is 1. The van der Waals surface area contributed by atoms with E-state index in [-0.39, 0.29) is 13.1 Å². The molecule has 2 N–H and O–H groups in total. The predicted octanol–water partition coefficient (Wildman–Crippen LogP) is 0.783. The number of nitrogen functional groups attached to an aromatic ring is 1. The molecule has 17 heavy (non-hydrogen) atoms. The molecule has 0 unspecified atom stereocenters. The van der Waals surface area contributed by atoms with E-state index < -0.39 is 0 Å². The molecule has 1 aromatic heterocycles. The standard InChI is InChI=1S/C11H14N6/c1-3-9-15-10(14)8(2)11(16-9)17(6-4-12)7-5-13/h3,6-7H2,1-2H3,(H2,14,15,16). The minimum atomic E-state index is 0.105. The summed E-state index contributed by atoms with van der Waals surface area (Å²) in [6, 6.07) is 4.02. The van der Waals surface area contributed by atoms with E-state index in [0.717, 1.165) is 0 Å². The van der Waals surface area contributed by atoms with E-state index in [1.165, 1.54) is 0 Å². The molecule has 0 aromatic carbocycles. The number of nitriles is 2. The van der Waals surface area contributed by atoms with E-state index in [2.05, 4.69) is 9.97 Å². The summed E-state index contributed by atoms with van der Waals surface area (Å²) in [5.74, 6) is 1.58. The molecule has 0 amide bonds. The third kappa shape index (κ3) is 2.82. The van der Waals surface area contributed by atoms with Crippen molar-refractivity contribution in [1.82, 2.24) is 9.97 Å². The van der Waals surface area contributed by atoms with Crippen molar-refractivity contribution in [3.8, 4) is 12.1 Å². The molecule has 1 aromatic rings. The highest BCUT2D eigenvalue weighted by Crippen LogP contribution is 2.21. The molecule has 0 aliphatic heterocycles. The fourth-order valence-corrected chi connectivity index (χ4v) is 1.41. The average molecular weight is 230 g/mol. The molecule has 0 bridgehead atoms. The van der Waals surface area contributed by atoms with Crippen LogP contribution >= 0.6 is 0 Å². The van der Waals surface area contributed by atoms with Gasteiger partial charge in [0, 0.05) is 12.0 Å². The summed E-state index contributed by atoms with van der Waals surface area (Å²) in [6.45, 7) is 3.92. The Morgan fingerprint density at radius 2 is 1.82 bits per heavy atom. The van der Waals surface area contributed by atoms with Crippen LogP contribution in [-0.4, -0.2) is 23.1 Å². The molecule has 88 valence electrons. The number of aromatic nitrogens is 2. The van der Waals surface area contributed by atoms with Crippen LogP contribution in [0.15, 0.2) is 0 Å². The second kappa shape index (κ2) is 5.66. The van der Waals surface area contributed by atoms with Gasteiger partial charge in [0.2, 0.25) is 0 Å². The van der Waals surface area contributed by atoms with Crippen LogP contribution < -0.4 is 10.6 Å². The molecule has 0 atom stereocenters. The molecule has 0 saturated carbocycles. The number of aryl methyl sites for hydroxylation is 1. The van der Waals surface area contributed by atoms with Crippen LogP contribution in [0.2, 0.25) is 0 Å². The Bertz CT molecular complexity index is 466. The summed E-state index contributed by atoms with van der Waals surface area (Å²) in [6.07, 6.45) is 0.657. The van der Waals surface area contributed by atoms with Crippen LogP contribution in [0.4, 0.5) is 11.6 Å². The predicted molar refractivity (Wildman–Crippen MR) is 64.0 cm³/mol. The zero-order valence-corrected chi connectivity index (χ0v) is 9.93. The van der Waals surface area contributed by atoms with Gasteiger partial charge in [0.05, 0.1) is 12.1 Å². The molecule has 0 radical (unpaired) electrons. The number of nitrogens with zero attached hydrogens (tertiary/aromatic N) is 5. The Hall–Kier alpha value is -2.34. The first kappa shape index (κ1) is 12.7. The van der Waals surface area contributed by atoms with Crippen molar-refractivity contribution < 1.29 is 0 Å². The molecule has 0 aliphatic rings. The summed E-state index contributed by atoms with van der Waals surface area (Å²) >= 11 is 0. The summed E-state index contributed by atoms with van der Waals surface area (Å²) in [4.78, 5) is 10.0. The summed E-state index contributed by atoms with van der Waals surface area (Å²) in [5.41, 5.74) is 6.49. The summed E-state index contributed by atoms with van der Waals surface area (Å²) < 4.78 is 0. The maximum absolute atomic E-state index is 8.74. The lowest BCUT2D eigenvalue weighted by molar-refractivity contribution is 0.871. The van der Waals surface area contributed by atoms with Crippen molar-refractivity contribution in [2.45, 2.75) is 20.3 Å². The molecule has 1 rings (SSSR count). The van der Waals surface area contributed by atoms with E-state index in [1.807, 2.05) is 19.1 Å². The van der Waals surface area contributed by atoms with Gasteiger partial charge in [-0.1, -0.05) is 6.92 Å². The maximum Gasteiger partial charge on any atom is 0.139 e. The van der Waals surface area contributed by atoms with Crippen LogP contribution in [0.3, 0.4) is 0 Å². The minimum Gasteiger partial charge on any atom is -0.383 e. The Morgan fingerprint density at radius 1 is 1.24 bits per heavy atom. The Kier molecular flexibility index (Phi) is 4.24. The molecule has 0 aliphatic carbocycles. The maximum atomic E-state index is 8.74. The van der Waals surface area contributed by atoms with Crippen molar-refractivity contribution in [2.75, 3.05) is 23.7 Å². The Balaban J connectivity index is 3.22. The van der Waals surface area contributed by atoms with Gasteiger partial charge in [0.25, 0.3) is 0 Å². The second-order valence-corrected chi connectivity index (χ2v) is 3.50. The molecular formula is C11H14N6. The minimum absolute atomic E-state index is 0.105. The van der Waals surface area contributed by atoms with Crippen LogP contribution in [0.1, 0.15) is 18.3 Å². The first-order chi connectivity index (χ1) is 8.13. The first-order valence-corrected chi connectivity index (χ1v) is 5.25. The molecule has 0 fully saturated rings. The molecule has 1 heterocycles. The van der Waals surface area contributed by atoms with Crippen LogP contribution in [0.25, 0.3) is 0 Å². The molecular weight excluding hydrogens is 216 g/mol. The Morgan fingerprint density at radius 3 is 2.29 bits per heavy atom. The highest BCUT2D eigenvalue weighted by Gasteiger charge is 2.14. The number of rotatable bonds is 4. The van der Waals surface area contributed by atoms with Crippen molar-refractivity contribution in [3.05, 3.63) is 11.4 Å². The van der Waals surface area contributed by atoms with Crippen molar-refractivity contribution >= 4 is 11.6 Å². The van der Waals surface area contributed by atoms with Gasteiger partial charge in [0.15, 0.2) is 0 Å². The van der Waals surface area contributed by atoms with E-state index >= 15 is 0 Å². The third-order valence-electron chi connectivity index (χ3n) is 2.34. The van der Waals surface area contributed by atoms with Gasteiger partial charge in [-0.25, -0.2) is 9.97 Å². The highest BCUT2D eigenvalue weighted by atomic mass is 15.2. The quantitative estimate of drug-likeness (QED) is 0.767. The highest BCUT2D eigenvalue weighted by molar-refractivity contribution is 5.57. The van der Waals surface area contributed by atoms with E-state index in [4.69, 9.17) is 16.3 Å². The third-order valence-corrected chi connectivity index (χ3v) is 2.34. The van der Waals surface area contributed by atoms with Gasteiger partial charge >= 0.3 is 0 Å². The molecule has 0 saturated heterocycles. The van der Waals surface area contributed by atoms with Crippen LogP contribution in [0, 0.1) is 29.6 Å². The molecule has 0 spiro atoms. The SMILES string of the molecule is CCc1nc(N)c(C)c(N(CC#N)CC#N)n1. The number of hydrogen-bond acceptors (Lipinski definition) is 6. The van der Waals surface area contributed by atoms with Gasteiger partial charge in [-0.3, -0.25) is 0 Å². The van der Waals surface area contributed by atoms with Gasteiger partial charge < -0.3 is 10.6 Å². The van der Waals surface area contributed by atoms with E-state index in [1.54, 1.807) is 11.8 Å². The molecule has 6 heteroatoms. The topological polar surface area (TPSA) is 103 Å².